The van der Waals surface area contributed by atoms with Crippen molar-refractivity contribution in [2.75, 3.05) is 0 Å². The van der Waals surface area contributed by atoms with Crippen molar-refractivity contribution in [3.63, 3.8) is 0 Å². The molecule has 0 radical (unpaired) electrons. The van der Waals surface area contributed by atoms with E-state index in [2.05, 4.69) is 16.8 Å². The van der Waals surface area contributed by atoms with Crippen LogP contribution in [0.15, 0.2) is 16.8 Å². The van der Waals surface area contributed by atoms with Gasteiger partial charge in [0.1, 0.15) is 0 Å². The molecule has 2 rings (SSSR count). The van der Waals surface area contributed by atoms with E-state index in [1.165, 1.54) is 24.8 Å². The predicted octanol–water partition coefficient (Wildman–Crippen LogP) is 2.97. The molecule has 0 spiro atoms. The highest BCUT2D eigenvalue weighted by Gasteiger charge is 2.25. The third kappa shape index (κ3) is 1.82. The Bertz CT molecular complexity index is 218. The summed E-state index contributed by atoms with van der Waals surface area (Å²) in [4.78, 5) is 0. The van der Waals surface area contributed by atoms with Gasteiger partial charge in [-0.15, -0.1) is 12.4 Å². The van der Waals surface area contributed by atoms with E-state index < -0.39 is 0 Å². The van der Waals surface area contributed by atoms with Crippen LogP contribution in [0.3, 0.4) is 0 Å². The van der Waals surface area contributed by atoms with E-state index in [-0.39, 0.29) is 12.4 Å². The summed E-state index contributed by atoms with van der Waals surface area (Å²) in [6, 6.07) is 2.46. The van der Waals surface area contributed by atoms with Gasteiger partial charge in [0.05, 0.1) is 0 Å². The molecule has 1 saturated carbocycles. The van der Waals surface area contributed by atoms with Crippen molar-refractivity contribution in [3.8, 4) is 0 Å². The molecule has 1 heterocycles. The van der Waals surface area contributed by atoms with E-state index in [9.17, 15) is 0 Å². The van der Waals surface area contributed by atoms with Gasteiger partial charge in [-0.05, 0) is 41.1 Å². The maximum Gasteiger partial charge on any atom is 0.0331 e. The maximum absolute atomic E-state index is 6.05. The highest BCUT2D eigenvalue weighted by atomic mass is 35.5. The first-order valence-electron chi connectivity index (χ1n) is 4.15. The van der Waals surface area contributed by atoms with Crippen molar-refractivity contribution in [2.24, 2.45) is 11.7 Å². The Kier molecular flexibility index (Phi) is 3.56. The molecule has 0 aliphatic heterocycles. The van der Waals surface area contributed by atoms with E-state index in [0.29, 0.717) is 6.04 Å². The zero-order valence-corrected chi connectivity index (χ0v) is 8.53. The van der Waals surface area contributed by atoms with Crippen LogP contribution in [0.5, 0.6) is 0 Å². The molecule has 68 valence electrons. The highest BCUT2D eigenvalue weighted by Crippen LogP contribution is 2.36. The van der Waals surface area contributed by atoms with Crippen LogP contribution in [-0.4, -0.2) is 0 Å². The molecule has 1 aromatic heterocycles. The molecule has 12 heavy (non-hydrogen) atoms. The van der Waals surface area contributed by atoms with Gasteiger partial charge in [0.25, 0.3) is 0 Å². The molecular weight excluding hydrogens is 190 g/mol. The fourth-order valence-electron chi connectivity index (χ4n) is 1.54. The normalized spacial score (nSPS) is 19.4. The van der Waals surface area contributed by atoms with E-state index in [1.807, 2.05) is 0 Å². The molecule has 0 bridgehead atoms. The van der Waals surface area contributed by atoms with E-state index in [4.69, 9.17) is 5.73 Å². The summed E-state index contributed by atoms with van der Waals surface area (Å²) in [6.45, 7) is 0. The Morgan fingerprint density at radius 2 is 2.25 bits per heavy atom. The highest BCUT2D eigenvalue weighted by molar-refractivity contribution is 7.07. The molecule has 0 aromatic carbocycles. The third-order valence-corrected chi connectivity index (χ3v) is 3.29. The second-order valence-corrected chi connectivity index (χ2v) is 4.05. The summed E-state index contributed by atoms with van der Waals surface area (Å²) in [5, 5.41) is 4.27. The summed E-state index contributed by atoms with van der Waals surface area (Å²) in [7, 11) is 0. The molecule has 0 saturated heterocycles. The van der Waals surface area contributed by atoms with Crippen LogP contribution in [0.25, 0.3) is 0 Å². The number of thiophene rings is 1. The number of nitrogens with two attached hydrogens (primary N) is 1. The minimum Gasteiger partial charge on any atom is -0.324 e. The van der Waals surface area contributed by atoms with Gasteiger partial charge in [-0.3, -0.25) is 0 Å². The summed E-state index contributed by atoms with van der Waals surface area (Å²) < 4.78 is 0. The van der Waals surface area contributed by atoms with Gasteiger partial charge in [-0.25, -0.2) is 0 Å². The van der Waals surface area contributed by atoms with Crippen molar-refractivity contribution >= 4 is 23.7 Å². The van der Waals surface area contributed by atoms with E-state index in [0.717, 1.165) is 5.92 Å². The second-order valence-electron chi connectivity index (χ2n) is 3.27. The lowest BCUT2D eigenvalue weighted by atomic mass is 9.78. The zero-order chi connectivity index (χ0) is 7.68. The maximum atomic E-state index is 6.05. The first-order chi connectivity index (χ1) is 5.38. The van der Waals surface area contributed by atoms with Crippen LogP contribution in [0.4, 0.5) is 0 Å². The minimum absolute atomic E-state index is 0. The summed E-state index contributed by atoms with van der Waals surface area (Å²) in [5.74, 6) is 0.768. The molecule has 1 nitrogen and oxygen atoms in total. The standard InChI is InChI=1S/C9H13NS.ClH/c10-9(7-2-1-3-7)8-4-5-11-6-8;/h4-7,9H,1-3,10H2;1H/t9-;/m1./s1. The van der Waals surface area contributed by atoms with E-state index >= 15 is 0 Å². The van der Waals surface area contributed by atoms with Crippen LogP contribution in [-0.2, 0) is 0 Å². The lowest BCUT2D eigenvalue weighted by Crippen LogP contribution is -2.26. The Labute approximate surface area is 83.4 Å². The number of rotatable bonds is 2. The molecule has 1 fully saturated rings. The van der Waals surface area contributed by atoms with Crippen LogP contribution in [0, 0.1) is 5.92 Å². The molecule has 0 amide bonds. The number of halogens is 1. The Hall–Kier alpha value is -0.0500. The fourth-order valence-corrected chi connectivity index (χ4v) is 2.24. The summed E-state index contributed by atoms with van der Waals surface area (Å²) >= 11 is 1.74. The van der Waals surface area contributed by atoms with Crippen molar-refractivity contribution in [3.05, 3.63) is 22.4 Å². The van der Waals surface area contributed by atoms with Gasteiger partial charge >= 0.3 is 0 Å². The zero-order valence-electron chi connectivity index (χ0n) is 6.90. The van der Waals surface area contributed by atoms with Crippen molar-refractivity contribution in [2.45, 2.75) is 25.3 Å². The third-order valence-electron chi connectivity index (χ3n) is 2.59. The first kappa shape index (κ1) is 10.0. The Morgan fingerprint density at radius 3 is 2.67 bits per heavy atom. The molecule has 2 N–H and O–H groups in total. The van der Waals surface area contributed by atoms with Gasteiger partial charge in [0.15, 0.2) is 0 Å². The summed E-state index contributed by atoms with van der Waals surface area (Å²) in [5.41, 5.74) is 7.38. The smallest absolute Gasteiger partial charge is 0.0331 e. The molecular formula is C9H14ClNS. The summed E-state index contributed by atoms with van der Waals surface area (Å²) in [6.07, 6.45) is 4.04. The topological polar surface area (TPSA) is 26.0 Å². The van der Waals surface area contributed by atoms with Gasteiger partial charge in [0, 0.05) is 6.04 Å². The second kappa shape index (κ2) is 4.26. The van der Waals surface area contributed by atoms with Crippen LogP contribution >= 0.6 is 23.7 Å². The molecule has 1 aromatic rings. The lowest BCUT2D eigenvalue weighted by Gasteiger charge is -2.30. The molecule has 1 atom stereocenters. The van der Waals surface area contributed by atoms with Gasteiger partial charge in [0.2, 0.25) is 0 Å². The average molecular weight is 204 g/mol. The number of hydrogen-bond donors (Lipinski definition) is 1. The average Bonchev–Trinajstić information content (AvgIpc) is 2.32. The van der Waals surface area contributed by atoms with Crippen molar-refractivity contribution < 1.29 is 0 Å². The van der Waals surface area contributed by atoms with Crippen molar-refractivity contribution in [1.82, 2.24) is 0 Å². The van der Waals surface area contributed by atoms with Crippen LogP contribution in [0.2, 0.25) is 0 Å². The fraction of sp³-hybridized carbons (Fsp3) is 0.556. The van der Waals surface area contributed by atoms with Gasteiger partial charge in [-0.2, -0.15) is 11.3 Å². The molecule has 0 unspecified atom stereocenters. The van der Waals surface area contributed by atoms with Crippen LogP contribution in [0.1, 0.15) is 30.9 Å². The SMILES string of the molecule is Cl.N[C@@H](c1ccsc1)C1CCC1. The van der Waals surface area contributed by atoms with Crippen molar-refractivity contribution in [1.29, 1.82) is 0 Å². The van der Waals surface area contributed by atoms with Crippen LogP contribution < -0.4 is 5.73 Å². The Morgan fingerprint density at radius 1 is 1.50 bits per heavy atom. The quantitative estimate of drug-likeness (QED) is 0.786. The van der Waals surface area contributed by atoms with Gasteiger partial charge < -0.3 is 5.73 Å². The number of hydrogen-bond acceptors (Lipinski definition) is 2. The monoisotopic (exact) mass is 203 g/mol. The molecule has 1 aliphatic rings. The molecule has 1 aliphatic carbocycles. The van der Waals surface area contributed by atoms with E-state index in [1.54, 1.807) is 11.3 Å². The Balaban J connectivity index is 0.000000720. The minimum atomic E-state index is 0. The largest absolute Gasteiger partial charge is 0.324 e. The lowest BCUT2D eigenvalue weighted by molar-refractivity contribution is 0.265. The van der Waals surface area contributed by atoms with Gasteiger partial charge in [-0.1, -0.05) is 6.42 Å². The molecule has 3 heteroatoms. The first-order valence-corrected chi connectivity index (χ1v) is 5.10. The predicted molar refractivity (Wildman–Crippen MR) is 55.8 cm³/mol.